The minimum atomic E-state index is -1.29. The summed E-state index contributed by atoms with van der Waals surface area (Å²) in [6, 6.07) is 18.6. The fourth-order valence-corrected chi connectivity index (χ4v) is 4.75. The SMILES string of the molecule is CC(C)c1onc(-c2c(Cl)cccc2Cl)c1COc1ccc(-c2ccc3oc(C(=O)O)cc(=O)c3c2)cc1. The first-order valence-corrected chi connectivity index (χ1v) is 12.5. The van der Waals surface area contributed by atoms with Crippen LogP contribution in [0.2, 0.25) is 10.0 Å². The van der Waals surface area contributed by atoms with Crippen molar-refractivity contribution in [2.24, 2.45) is 0 Å². The number of aromatic nitrogens is 1. The van der Waals surface area contributed by atoms with Crippen LogP contribution in [0.1, 0.15) is 41.6 Å². The first-order chi connectivity index (χ1) is 18.2. The second-order valence-corrected chi connectivity index (χ2v) is 9.74. The summed E-state index contributed by atoms with van der Waals surface area (Å²) in [6.07, 6.45) is 0. The number of aromatic carboxylic acids is 1. The molecule has 2 aromatic heterocycles. The molecule has 0 fully saturated rings. The van der Waals surface area contributed by atoms with Gasteiger partial charge in [0.15, 0.2) is 5.43 Å². The van der Waals surface area contributed by atoms with Gasteiger partial charge in [-0.3, -0.25) is 4.79 Å². The number of carboxylic acid groups (broad SMARTS) is 1. The van der Waals surface area contributed by atoms with Crippen LogP contribution in [0.3, 0.4) is 0 Å². The van der Waals surface area contributed by atoms with E-state index in [1.165, 1.54) is 0 Å². The third kappa shape index (κ3) is 4.90. The van der Waals surface area contributed by atoms with Crippen LogP contribution < -0.4 is 10.2 Å². The molecule has 0 atom stereocenters. The van der Waals surface area contributed by atoms with Gasteiger partial charge in [0, 0.05) is 17.5 Å². The number of halogens is 2. The molecule has 3 aromatic carbocycles. The lowest BCUT2D eigenvalue weighted by Crippen LogP contribution is -2.06. The zero-order valence-electron chi connectivity index (χ0n) is 20.3. The van der Waals surface area contributed by atoms with Gasteiger partial charge in [-0.15, -0.1) is 0 Å². The number of carboxylic acids is 1. The van der Waals surface area contributed by atoms with Gasteiger partial charge in [-0.2, -0.15) is 0 Å². The number of hydrogen-bond donors (Lipinski definition) is 1. The normalized spacial score (nSPS) is 11.3. The molecule has 0 aliphatic rings. The van der Waals surface area contributed by atoms with E-state index in [-0.39, 0.29) is 18.1 Å². The van der Waals surface area contributed by atoms with Crippen LogP contribution in [0.5, 0.6) is 5.75 Å². The van der Waals surface area contributed by atoms with Crippen LogP contribution in [0, 0.1) is 0 Å². The van der Waals surface area contributed by atoms with Gasteiger partial charge in [-0.05, 0) is 47.5 Å². The summed E-state index contributed by atoms with van der Waals surface area (Å²) in [6.45, 7) is 4.20. The van der Waals surface area contributed by atoms with Gasteiger partial charge in [0.25, 0.3) is 0 Å². The highest BCUT2D eigenvalue weighted by Gasteiger charge is 2.24. The predicted molar refractivity (Wildman–Crippen MR) is 145 cm³/mol. The monoisotopic (exact) mass is 549 g/mol. The average molecular weight is 550 g/mol. The third-order valence-electron chi connectivity index (χ3n) is 6.05. The molecule has 0 saturated heterocycles. The molecule has 7 nitrogen and oxygen atoms in total. The van der Waals surface area contributed by atoms with Crippen molar-refractivity contribution in [2.45, 2.75) is 26.4 Å². The molecular weight excluding hydrogens is 529 g/mol. The average Bonchev–Trinajstić information content (AvgIpc) is 3.31. The van der Waals surface area contributed by atoms with Crippen LogP contribution >= 0.6 is 23.2 Å². The van der Waals surface area contributed by atoms with Crippen LogP contribution in [0.15, 0.2) is 80.5 Å². The minimum absolute atomic E-state index is 0.0654. The topological polar surface area (TPSA) is 103 Å². The van der Waals surface area contributed by atoms with E-state index in [1.54, 1.807) is 36.4 Å². The Balaban J connectivity index is 1.40. The van der Waals surface area contributed by atoms with Crippen LogP contribution in [-0.2, 0) is 6.61 Å². The Labute approximate surface area is 227 Å². The number of nitrogens with zero attached hydrogens (tertiary/aromatic N) is 1. The summed E-state index contributed by atoms with van der Waals surface area (Å²) in [5.41, 5.74) is 3.31. The largest absolute Gasteiger partial charge is 0.489 e. The molecular formula is C29H21Cl2NO6. The fraction of sp³-hybridized carbons (Fsp3) is 0.138. The Hall–Kier alpha value is -4.07. The molecule has 0 spiro atoms. The van der Waals surface area contributed by atoms with E-state index in [2.05, 4.69) is 5.16 Å². The van der Waals surface area contributed by atoms with Crippen molar-refractivity contribution in [1.29, 1.82) is 0 Å². The number of ether oxygens (including phenoxy) is 1. The first-order valence-electron chi connectivity index (χ1n) is 11.7. The van der Waals surface area contributed by atoms with Crippen LogP contribution in [-0.4, -0.2) is 16.2 Å². The molecule has 0 radical (unpaired) electrons. The summed E-state index contributed by atoms with van der Waals surface area (Å²) >= 11 is 12.9. The van der Waals surface area contributed by atoms with Crippen molar-refractivity contribution < 1.29 is 23.6 Å². The molecule has 38 heavy (non-hydrogen) atoms. The lowest BCUT2D eigenvalue weighted by Gasteiger charge is -2.11. The molecule has 9 heteroatoms. The van der Waals surface area contributed by atoms with E-state index in [4.69, 9.17) is 42.0 Å². The van der Waals surface area contributed by atoms with E-state index in [0.29, 0.717) is 38.2 Å². The van der Waals surface area contributed by atoms with E-state index in [1.807, 2.05) is 38.1 Å². The molecule has 0 bridgehead atoms. The zero-order chi connectivity index (χ0) is 27.0. The van der Waals surface area contributed by atoms with Crippen molar-refractivity contribution in [3.8, 4) is 28.1 Å². The number of rotatable bonds is 7. The van der Waals surface area contributed by atoms with Gasteiger partial charge in [-0.25, -0.2) is 4.79 Å². The zero-order valence-corrected chi connectivity index (χ0v) is 21.8. The summed E-state index contributed by atoms with van der Waals surface area (Å²) in [5, 5.41) is 14.6. The molecule has 0 aliphatic carbocycles. The highest BCUT2D eigenvalue weighted by molar-refractivity contribution is 6.39. The van der Waals surface area contributed by atoms with Crippen molar-refractivity contribution in [3.63, 3.8) is 0 Å². The van der Waals surface area contributed by atoms with Crippen molar-refractivity contribution in [3.05, 3.63) is 104 Å². The minimum Gasteiger partial charge on any atom is -0.489 e. The van der Waals surface area contributed by atoms with E-state index in [0.717, 1.165) is 22.8 Å². The van der Waals surface area contributed by atoms with Crippen molar-refractivity contribution >= 4 is 40.1 Å². The Morgan fingerprint density at radius 3 is 2.34 bits per heavy atom. The van der Waals surface area contributed by atoms with Gasteiger partial charge in [0.1, 0.15) is 29.4 Å². The van der Waals surface area contributed by atoms with E-state index >= 15 is 0 Å². The third-order valence-corrected chi connectivity index (χ3v) is 6.68. The van der Waals surface area contributed by atoms with Gasteiger partial charge >= 0.3 is 5.97 Å². The first kappa shape index (κ1) is 25.6. The Morgan fingerprint density at radius 2 is 1.68 bits per heavy atom. The maximum absolute atomic E-state index is 12.4. The summed E-state index contributed by atoms with van der Waals surface area (Å²) in [7, 11) is 0. The number of fused-ring (bicyclic) bond motifs is 1. The van der Waals surface area contributed by atoms with Crippen molar-refractivity contribution in [2.75, 3.05) is 0 Å². The molecule has 1 N–H and O–H groups in total. The molecule has 2 heterocycles. The van der Waals surface area contributed by atoms with E-state index in [9.17, 15) is 9.59 Å². The molecule has 5 aromatic rings. The van der Waals surface area contributed by atoms with Gasteiger partial charge in [0.2, 0.25) is 5.76 Å². The lowest BCUT2D eigenvalue weighted by atomic mass is 10.0. The van der Waals surface area contributed by atoms with Gasteiger partial charge < -0.3 is 18.8 Å². The highest BCUT2D eigenvalue weighted by atomic mass is 35.5. The second kappa shape index (κ2) is 10.4. The fourth-order valence-electron chi connectivity index (χ4n) is 4.18. The standard InChI is InChI=1S/C29H21Cl2NO6/c1-15(2)28-20(27(32-38-28)26-21(30)4-3-5-22(26)31)14-36-18-9-6-16(7-10-18)17-8-11-24-19(12-17)23(33)13-25(37-24)29(34)35/h3-13,15H,14H2,1-2H3,(H,34,35). The second-order valence-electron chi connectivity index (χ2n) is 8.93. The van der Waals surface area contributed by atoms with E-state index < -0.39 is 17.2 Å². The molecule has 0 aliphatic heterocycles. The maximum atomic E-state index is 12.4. The smallest absolute Gasteiger partial charge is 0.371 e. The molecule has 5 rings (SSSR count). The maximum Gasteiger partial charge on any atom is 0.371 e. The highest BCUT2D eigenvalue weighted by Crippen LogP contribution is 2.39. The van der Waals surface area contributed by atoms with Gasteiger partial charge in [-0.1, -0.05) is 66.5 Å². The van der Waals surface area contributed by atoms with Crippen molar-refractivity contribution in [1.82, 2.24) is 5.16 Å². The Bertz CT molecular complexity index is 1700. The quantitative estimate of drug-likeness (QED) is 0.220. The Morgan fingerprint density at radius 1 is 1.00 bits per heavy atom. The van der Waals surface area contributed by atoms with Gasteiger partial charge in [0.05, 0.1) is 21.0 Å². The number of hydrogen-bond acceptors (Lipinski definition) is 6. The molecule has 192 valence electrons. The number of carbonyl (C=O) groups is 1. The van der Waals surface area contributed by atoms with Crippen LogP contribution in [0.25, 0.3) is 33.4 Å². The summed E-state index contributed by atoms with van der Waals surface area (Å²) in [4.78, 5) is 23.6. The predicted octanol–water partition coefficient (Wildman–Crippen LogP) is 7.82. The molecule has 0 saturated carbocycles. The molecule has 0 unspecified atom stereocenters. The number of benzene rings is 3. The molecule has 0 amide bonds. The lowest BCUT2D eigenvalue weighted by molar-refractivity contribution is 0.0663. The van der Waals surface area contributed by atoms with Crippen LogP contribution in [0.4, 0.5) is 0 Å². The summed E-state index contributed by atoms with van der Waals surface area (Å²) in [5.74, 6) is -0.320. The summed E-state index contributed by atoms with van der Waals surface area (Å²) < 4.78 is 17.0. The Kier molecular flexibility index (Phi) is 6.97.